The first kappa shape index (κ1) is 19.8. The van der Waals surface area contributed by atoms with Gasteiger partial charge in [-0.1, -0.05) is 123 Å². The zero-order valence-corrected chi connectivity index (χ0v) is 17.2. The molecule has 1 aliphatic carbocycles. The van der Waals surface area contributed by atoms with Gasteiger partial charge in [0, 0.05) is 0 Å². The number of hydrogen-bond donors (Lipinski definition) is 0. The smallest absolute Gasteiger partial charge is 0.0134 e. The highest BCUT2D eigenvalue weighted by atomic mass is 31.1. The second-order valence-electron chi connectivity index (χ2n) is 6.11. The summed E-state index contributed by atoms with van der Waals surface area (Å²) in [7, 11) is -0.446. The van der Waals surface area contributed by atoms with Crippen LogP contribution in [0.5, 0.6) is 0 Å². The molecule has 4 rings (SSSR count). The maximum Gasteiger partial charge on any atom is -0.0134 e. The van der Waals surface area contributed by atoms with Gasteiger partial charge in [0.05, 0.1) is 0 Å². The molecular weight excluding hydrogens is 338 g/mol. The molecule has 1 saturated carbocycles. The molecule has 0 nitrogen and oxygen atoms in total. The molecule has 1 atom stereocenters. The van der Waals surface area contributed by atoms with Gasteiger partial charge in [-0.25, -0.2) is 0 Å². The Hall–Kier alpha value is -1.48. The summed E-state index contributed by atoms with van der Waals surface area (Å²) >= 11 is 0. The molecule has 0 aromatic heterocycles. The fourth-order valence-electron chi connectivity index (χ4n) is 3.06. The minimum Gasteiger partial charge on any atom is -0.153 e. The first-order chi connectivity index (χ1) is 11.9. The molecule has 1 aliphatic rings. The quantitative estimate of drug-likeness (QED) is 0.541. The van der Waals surface area contributed by atoms with Crippen LogP contribution in [0, 0.1) is 0 Å². The number of benzene rings is 3. The van der Waals surface area contributed by atoms with Crippen LogP contribution in [-0.2, 0) is 0 Å². The first-order valence-electron chi connectivity index (χ1n) is 8.90. The molecule has 130 valence electrons. The van der Waals surface area contributed by atoms with Crippen LogP contribution in [0.25, 0.3) is 0 Å². The summed E-state index contributed by atoms with van der Waals surface area (Å²) in [5.41, 5.74) is 0. The van der Waals surface area contributed by atoms with E-state index < -0.39 is 7.92 Å². The molecule has 0 heterocycles. The SMILES string of the molecule is C1CCCC1.P.c1ccc(P(c2ccccc2)c2ccccc2)cc1. The van der Waals surface area contributed by atoms with Crippen molar-refractivity contribution in [3.05, 3.63) is 91.0 Å². The third-order valence-electron chi connectivity index (χ3n) is 4.29. The number of rotatable bonds is 3. The second kappa shape index (κ2) is 11.2. The van der Waals surface area contributed by atoms with Crippen molar-refractivity contribution in [3.8, 4) is 0 Å². The highest BCUT2D eigenvalue weighted by Gasteiger charge is 2.14. The predicted molar refractivity (Wildman–Crippen MR) is 119 cm³/mol. The molecule has 3 aromatic rings. The maximum absolute atomic E-state index is 2.23. The molecule has 2 heteroatoms. The zero-order chi connectivity index (χ0) is 16.5. The van der Waals surface area contributed by atoms with Gasteiger partial charge in [-0.3, -0.25) is 0 Å². The topological polar surface area (TPSA) is 0 Å². The summed E-state index contributed by atoms with van der Waals surface area (Å²) < 4.78 is 0. The molecule has 3 aromatic carbocycles. The van der Waals surface area contributed by atoms with E-state index in [9.17, 15) is 0 Å². The van der Waals surface area contributed by atoms with Crippen molar-refractivity contribution in [3.63, 3.8) is 0 Å². The van der Waals surface area contributed by atoms with Crippen LogP contribution in [0.15, 0.2) is 91.0 Å². The predicted octanol–water partition coefficient (Wildman–Crippen LogP) is 5.45. The summed E-state index contributed by atoms with van der Waals surface area (Å²) in [4.78, 5) is 0. The normalized spacial score (nSPS) is 12.8. The van der Waals surface area contributed by atoms with E-state index in [1.807, 2.05) is 0 Å². The molecule has 0 aliphatic heterocycles. The van der Waals surface area contributed by atoms with Gasteiger partial charge in [-0.15, -0.1) is 0 Å². The van der Waals surface area contributed by atoms with Gasteiger partial charge in [0.2, 0.25) is 0 Å². The van der Waals surface area contributed by atoms with Gasteiger partial charge >= 0.3 is 0 Å². The second-order valence-corrected chi connectivity index (χ2v) is 8.33. The van der Waals surface area contributed by atoms with Crippen LogP contribution in [0.1, 0.15) is 32.1 Å². The Morgan fingerprint density at radius 2 is 0.640 bits per heavy atom. The highest BCUT2D eigenvalue weighted by molar-refractivity contribution is 7.79. The zero-order valence-electron chi connectivity index (χ0n) is 14.9. The molecule has 0 amide bonds. The van der Waals surface area contributed by atoms with Gasteiger partial charge in [-0.2, -0.15) is 9.90 Å². The lowest BCUT2D eigenvalue weighted by Gasteiger charge is -2.18. The van der Waals surface area contributed by atoms with E-state index in [-0.39, 0.29) is 9.90 Å². The van der Waals surface area contributed by atoms with Crippen LogP contribution in [0.3, 0.4) is 0 Å². The van der Waals surface area contributed by atoms with Crippen LogP contribution in [-0.4, -0.2) is 0 Å². The van der Waals surface area contributed by atoms with E-state index in [1.165, 1.54) is 48.0 Å². The van der Waals surface area contributed by atoms with Gasteiger partial charge in [-0.05, 0) is 23.8 Å². The average molecular weight is 366 g/mol. The lowest BCUT2D eigenvalue weighted by molar-refractivity contribution is 0.886. The van der Waals surface area contributed by atoms with E-state index in [0.717, 1.165) is 0 Å². The minimum atomic E-state index is -0.446. The van der Waals surface area contributed by atoms with Crippen LogP contribution >= 0.6 is 17.8 Å². The van der Waals surface area contributed by atoms with Crippen molar-refractivity contribution >= 4 is 33.7 Å². The Kier molecular flexibility index (Phi) is 8.89. The fraction of sp³-hybridized carbons (Fsp3) is 0.217. The van der Waals surface area contributed by atoms with Crippen LogP contribution in [0.4, 0.5) is 0 Å². The van der Waals surface area contributed by atoms with Gasteiger partial charge in [0.15, 0.2) is 0 Å². The Labute approximate surface area is 157 Å². The average Bonchev–Trinajstić information content (AvgIpc) is 3.25. The van der Waals surface area contributed by atoms with Gasteiger partial charge < -0.3 is 0 Å². The Balaban J connectivity index is 0.000000325. The van der Waals surface area contributed by atoms with E-state index in [1.54, 1.807) is 0 Å². The van der Waals surface area contributed by atoms with E-state index in [2.05, 4.69) is 91.0 Å². The molecule has 1 fully saturated rings. The van der Waals surface area contributed by atoms with Crippen LogP contribution < -0.4 is 15.9 Å². The summed E-state index contributed by atoms with van der Waals surface area (Å²) in [6, 6.07) is 32.3. The number of hydrogen-bond acceptors (Lipinski definition) is 0. The molecule has 1 unspecified atom stereocenters. The monoisotopic (exact) mass is 366 g/mol. The minimum absolute atomic E-state index is 0. The molecule has 0 radical (unpaired) electrons. The summed E-state index contributed by atoms with van der Waals surface area (Å²) in [6.45, 7) is 0. The molecule has 0 bridgehead atoms. The molecule has 0 saturated heterocycles. The van der Waals surface area contributed by atoms with Crippen molar-refractivity contribution < 1.29 is 0 Å². The highest BCUT2D eigenvalue weighted by Crippen LogP contribution is 2.32. The molecule has 0 spiro atoms. The summed E-state index contributed by atoms with van der Waals surface area (Å²) in [5.74, 6) is 0. The molecule has 25 heavy (non-hydrogen) atoms. The summed E-state index contributed by atoms with van der Waals surface area (Å²) in [6.07, 6.45) is 7.50. The maximum atomic E-state index is 2.23. The Morgan fingerprint density at radius 1 is 0.400 bits per heavy atom. The Morgan fingerprint density at radius 3 is 0.880 bits per heavy atom. The largest absolute Gasteiger partial charge is 0.153 e. The fourth-order valence-corrected chi connectivity index (χ4v) is 5.37. The standard InChI is InChI=1S/C18H15P.C5H10.H3P/c1-4-10-16(11-5-1)19(17-12-6-2-7-13-17)18-14-8-3-9-15-18;1-2-4-5-3-1;/h1-15H;1-5H2;1H3. The lowest BCUT2D eigenvalue weighted by Crippen LogP contribution is -2.20. The summed E-state index contributed by atoms with van der Waals surface area (Å²) in [5, 5.41) is 4.19. The molecule has 0 N–H and O–H groups in total. The van der Waals surface area contributed by atoms with E-state index in [4.69, 9.17) is 0 Å². The van der Waals surface area contributed by atoms with Crippen molar-refractivity contribution in [2.24, 2.45) is 0 Å². The van der Waals surface area contributed by atoms with Crippen molar-refractivity contribution in [2.75, 3.05) is 0 Å². The lowest BCUT2D eigenvalue weighted by atomic mass is 10.4. The van der Waals surface area contributed by atoms with E-state index >= 15 is 0 Å². The van der Waals surface area contributed by atoms with Crippen LogP contribution in [0.2, 0.25) is 0 Å². The van der Waals surface area contributed by atoms with Crippen molar-refractivity contribution in [1.82, 2.24) is 0 Å². The third-order valence-corrected chi connectivity index (χ3v) is 6.74. The van der Waals surface area contributed by atoms with Gasteiger partial charge in [0.25, 0.3) is 0 Å². The third kappa shape index (κ3) is 6.07. The molecular formula is C23H28P2. The van der Waals surface area contributed by atoms with Crippen molar-refractivity contribution in [2.45, 2.75) is 32.1 Å². The Bertz CT molecular complexity index is 590. The van der Waals surface area contributed by atoms with E-state index in [0.29, 0.717) is 0 Å². The van der Waals surface area contributed by atoms with Gasteiger partial charge in [0.1, 0.15) is 0 Å². The van der Waals surface area contributed by atoms with Crippen molar-refractivity contribution in [1.29, 1.82) is 0 Å². The first-order valence-corrected chi connectivity index (χ1v) is 10.2.